The highest BCUT2D eigenvalue weighted by molar-refractivity contribution is 5.30. The lowest BCUT2D eigenvalue weighted by molar-refractivity contribution is 0.568. The topological polar surface area (TPSA) is 42.7 Å². The van der Waals surface area contributed by atoms with Crippen molar-refractivity contribution in [2.45, 2.75) is 33.2 Å². The molecule has 1 heterocycles. The largest absolute Gasteiger partial charge is 0.310 e. The van der Waals surface area contributed by atoms with Crippen LogP contribution < -0.4 is 5.32 Å². The number of benzene rings is 1. The van der Waals surface area contributed by atoms with E-state index >= 15 is 0 Å². The van der Waals surface area contributed by atoms with Crippen LogP contribution in [0, 0.1) is 13.8 Å². The molecular formula is C15H22N4. The lowest BCUT2D eigenvalue weighted by Crippen LogP contribution is -2.22. The van der Waals surface area contributed by atoms with Crippen molar-refractivity contribution in [1.82, 2.24) is 20.1 Å². The molecule has 0 amide bonds. The third kappa shape index (κ3) is 3.89. The molecule has 0 saturated heterocycles. The summed E-state index contributed by atoms with van der Waals surface area (Å²) in [6.07, 6.45) is 2.60. The lowest BCUT2D eigenvalue weighted by atomic mass is 10.0. The number of nitrogens with one attached hydrogen (secondary N) is 1. The molecule has 0 spiro atoms. The van der Waals surface area contributed by atoms with Crippen LogP contribution in [0.3, 0.4) is 0 Å². The maximum absolute atomic E-state index is 4.27. The van der Waals surface area contributed by atoms with Crippen LogP contribution in [0.15, 0.2) is 24.5 Å². The van der Waals surface area contributed by atoms with Crippen LogP contribution in [0.25, 0.3) is 0 Å². The van der Waals surface area contributed by atoms with E-state index in [2.05, 4.69) is 54.4 Å². The van der Waals surface area contributed by atoms with Crippen LogP contribution in [-0.2, 0) is 13.5 Å². The number of aromatic nitrogens is 3. The van der Waals surface area contributed by atoms with Crippen molar-refractivity contribution in [3.63, 3.8) is 0 Å². The van der Waals surface area contributed by atoms with Gasteiger partial charge >= 0.3 is 0 Å². The van der Waals surface area contributed by atoms with Gasteiger partial charge in [0.2, 0.25) is 0 Å². The average Bonchev–Trinajstić information content (AvgIpc) is 2.73. The fourth-order valence-corrected chi connectivity index (χ4v) is 2.28. The normalized spacial score (nSPS) is 12.6. The molecule has 1 aromatic carbocycles. The smallest absolute Gasteiger partial charge is 0.151 e. The molecule has 1 aromatic heterocycles. The van der Waals surface area contributed by atoms with E-state index in [1.165, 1.54) is 16.7 Å². The fraction of sp³-hybridized carbons (Fsp3) is 0.467. The molecule has 1 N–H and O–H groups in total. The third-order valence-corrected chi connectivity index (χ3v) is 3.19. The van der Waals surface area contributed by atoms with Crippen LogP contribution in [-0.4, -0.2) is 21.3 Å². The van der Waals surface area contributed by atoms with Gasteiger partial charge in [-0.1, -0.05) is 29.3 Å². The molecule has 0 aliphatic carbocycles. The standard InChI is InChI=1S/C15H22N4/c1-11-7-12(2)9-14(8-11)13(3)16-6-5-15-17-10-19(4)18-15/h7-10,13,16H,5-6H2,1-4H3. The molecule has 1 atom stereocenters. The zero-order chi connectivity index (χ0) is 13.8. The highest BCUT2D eigenvalue weighted by atomic mass is 15.3. The van der Waals surface area contributed by atoms with Crippen LogP contribution in [0.2, 0.25) is 0 Å². The molecule has 0 saturated carbocycles. The Balaban J connectivity index is 1.88. The number of nitrogens with zero attached hydrogens (tertiary/aromatic N) is 3. The second kappa shape index (κ2) is 5.97. The average molecular weight is 258 g/mol. The molecule has 0 aliphatic rings. The summed E-state index contributed by atoms with van der Waals surface area (Å²) in [6, 6.07) is 7.03. The van der Waals surface area contributed by atoms with Gasteiger partial charge in [0.25, 0.3) is 0 Å². The summed E-state index contributed by atoms with van der Waals surface area (Å²) in [5, 5.41) is 7.80. The van der Waals surface area contributed by atoms with Gasteiger partial charge in [-0.25, -0.2) is 4.98 Å². The lowest BCUT2D eigenvalue weighted by Gasteiger charge is -2.15. The predicted molar refractivity (Wildman–Crippen MR) is 77.0 cm³/mol. The molecule has 102 valence electrons. The van der Waals surface area contributed by atoms with E-state index in [0.717, 1.165) is 18.8 Å². The van der Waals surface area contributed by atoms with Gasteiger partial charge in [-0.15, -0.1) is 0 Å². The summed E-state index contributed by atoms with van der Waals surface area (Å²) in [6.45, 7) is 7.36. The third-order valence-electron chi connectivity index (χ3n) is 3.19. The molecule has 0 bridgehead atoms. The Labute approximate surface area is 114 Å². The van der Waals surface area contributed by atoms with Crippen molar-refractivity contribution < 1.29 is 0 Å². The zero-order valence-corrected chi connectivity index (χ0v) is 12.1. The first kappa shape index (κ1) is 13.7. The summed E-state index contributed by atoms with van der Waals surface area (Å²) >= 11 is 0. The van der Waals surface area contributed by atoms with Crippen LogP contribution in [0.5, 0.6) is 0 Å². The van der Waals surface area contributed by atoms with E-state index < -0.39 is 0 Å². The Morgan fingerprint density at radius 3 is 2.47 bits per heavy atom. The van der Waals surface area contributed by atoms with Gasteiger partial charge in [-0.3, -0.25) is 4.68 Å². The minimum atomic E-state index is 0.349. The highest BCUT2D eigenvalue weighted by Crippen LogP contribution is 2.16. The van der Waals surface area contributed by atoms with Gasteiger partial charge in [-0.05, 0) is 26.3 Å². The van der Waals surface area contributed by atoms with E-state index in [0.29, 0.717) is 6.04 Å². The SMILES string of the molecule is Cc1cc(C)cc(C(C)NCCc2ncn(C)n2)c1. The summed E-state index contributed by atoms with van der Waals surface area (Å²) < 4.78 is 1.74. The maximum Gasteiger partial charge on any atom is 0.151 e. The molecule has 4 nitrogen and oxygen atoms in total. The minimum absolute atomic E-state index is 0.349. The van der Waals surface area contributed by atoms with Gasteiger partial charge in [0.15, 0.2) is 5.82 Å². The van der Waals surface area contributed by atoms with Gasteiger partial charge in [-0.2, -0.15) is 5.10 Å². The van der Waals surface area contributed by atoms with E-state index in [1.807, 2.05) is 7.05 Å². The molecule has 1 unspecified atom stereocenters. The van der Waals surface area contributed by atoms with Crippen LogP contribution >= 0.6 is 0 Å². The number of aryl methyl sites for hydroxylation is 3. The fourth-order valence-electron chi connectivity index (χ4n) is 2.28. The second-order valence-electron chi connectivity index (χ2n) is 5.18. The molecule has 0 radical (unpaired) electrons. The van der Waals surface area contributed by atoms with E-state index in [4.69, 9.17) is 0 Å². The van der Waals surface area contributed by atoms with Gasteiger partial charge in [0, 0.05) is 26.1 Å². The first-order valence-electron chi connectivity index (χ1n) is 6.70. The molecule has 2 rings (SSSR count). The number of rotatable bonds is 5. The van der Waals surface area contributed by atoms with E-state index in [-0.39, 0.29) is 0 Å². The molecule has 2 aromatic rings. The number of hydrogen-bond acceptors (Lipinski definition) is 3. The van der Waals surface area contributed by atoms with Crippen molar-refractivity contribution in [2.75, 3.05) is 6.54 Å². The quantitative estimate of drug-likeness (QED) is 0.895. The van der Waals surface area contributed by atoms with E-state index in [1.54, 1.807) is 11.0 Å². The van der Waals surface area contributed by atoms with Gasteiger partial charge < -0.3 is 5.32 Å². The summed E-state index contributed by atoms with van der Waals surface area (Å²) in [4.78, 5) is 4.23. The van der Waals surface area contributed by atoms with Crippen LogP contribution in [0.4, 0.5) is 0 Å². The molecule has 0 aliphatic heterocycles. The minimum Gasteiger partial charge on any atom is -0.310 e. The Hall–Kier alpha value is -1.68. The molecular weight excluding hydrogens is 236 g/mol. The summed E-state index contributed by atoms with van der Waals surface area (Å²) in [7, 11) is 1.89. The number of hydrogen-bond donors (Lipinski definition) is 1. The summed E-state index contributed by atoms with van der Waals surface area (Å²) in [5.41, 5.74) is 3.97. The first-order valence-corrected chi connectivity index (χ1v) is 6.70. The van der Waals surface area contributed by atoms with Crippen molar-refractivity contribution >= 4 is 0 Å². The van der Waals surface area contributed by atoms with E-state index in [9.17, 15) is 0 Å². The monoisotopic (exact) mass is 258 g/mol. The Bertz CT molecular complexity index is 525. The van der Waals surface area contributed by atoms with Crippen LogP contribution in [0.1, 0.15) is 35.5 Å². The summed E-state index contributed by atoms with van der Waals surface area (Å²) in [5.74, 6) is 0.891. The predicted octanol–water partition coefficient (Wildman–Crippen LogP) is 2.33. The molecule has 0 fully saturated rings. The Kier molecular flexibility index (Phi) is 4.32. The van der Waals surface area contributed by atoms with Crippen molar-refractivity contribution in [3.8, 4) is 0 Å². The van der Waals surface area contributed by atoms with Crippen molar-refractivity contribution in [2.24, 2.45) is 7.05 Å². The van der Waals surface area contributed by atoms with Crippen molar-refractivity contribution in [3.05, 3.63) is 47.0 Å². The second-order valence-corrected chi connectivity index (χ2v) is 5.18. The Morgan fingerprint density at radius 2 is 1.89 bits per heavy atom. The van der Waals surface area contributed by atoms with Gasteiger partial charge in [0.1, 0.15) is 6.33 Å². The maximum atomic E-state index is 4.27. The molecule has 4 heteroatoms. The molecule has 19 heavy (non-hydrogen) atoms. The van der Waals surface area contributed by atoms with Gasteiger partial charge in [0.05, 0.1) is 0 Å². The first-order chi connectivity index (χ1) is 9.04. The Morgan fingerprint density at radius 1 is 1.21 bits per heavy atom. The zero-order valence-electron chi connectivity index (χ0n) is 12.1. The van der Waals surface area contributed by atoms with Crippen molar-refractivity contribution in [1.29, 1.82) is 0 Å². The highest BCUT2D eigenvalue weighted by Gasteiger charge is 2.06.